The summed E-state index contributed by atoms with van der Waals surface area (Å²) in [5.41, 5.74) is 0.885. The van der Waals surface area contributed by atoms with Crippen molar-refractivity contribution in [3.8, 4) is 0 Å². The van der Waals surface area contributed by atoms with Gasteiger partial charge in [-0.1, -0.05) is 19.1 Å². The minimum absolute atomic E-state index is 0.0203. The molecule has 0 fully saturated rings. The van der Waals surface area contributed by atoms with Crippen LogP contribution in [0.25, 0.3) is 0 Å². The van der Waals surface area contributed by atoms with Crippen molar-refractivity contribution in [1.82, 2.24) is 0 Å². The molecule has 3 heteroatoms. The van der Waals surface area contributed by atoms with Crippen molar-refractivity contribution in [3.63, 3.8) is 0 Å². The topological polar surface area (TPSA) is 37.3 Å². The number of hydrogen-bond donors (Lipinski definition) is 1. The minimum Gasteiger partial charge on any atom is -0.481 e. The molecule has 1 rings (SSSR count). The van der Waals surface area contributed by atoms with Gasteiger partial charge in [0.15, 0.2) is 0 Å². The number of aliphatic carboxylic acids is 1. The fraction of sp³-hybridized carbons (Fsp3) is 0.364. The lowest BCUT2D eigenvalue weighted by molar-refractivity contribution is -0.137. The summed E-state index contributed by atoms with van der Waals surface area (Å²) in [6.45, 7) is 1.93. The van der Waals surface area contributed by atoms with Crippen molar-refractivity contribution < 1.29 is 14.3 Å². The van der Waals surface area contributed by atoms with Crippen LogP contribution in [0.4, 0.5) is 4.39 Å². The van der Waals surface area contributed by atoms with E-state index in [1.807, 2.05) is 6.92 Å². The lowest BCUT2D eigenvalue weighted by Crippen LogP contribution is -2.05. The molecule has 0 radical (unpaired) electrons. The largest absolute Gasteiger partial charge is 0.481 e. The van der Waals surface area contributed by atoms with Crippen LogP contribution in [0.1, 0.15) is 31.2 Å². The maximum Gasteiger partial charge on any atom is 0.303 e. The zero-order valence-electron chi connectivity index (χ0n) is 8.03. The standard InChI is InChI=1S/C11H13FO2/c1-2-8(7-11(13)14)9-3-5-10(12)6-4-9/h3-6,8H,2,7H2,1H3,(H,13,14)/t8-/m1/s1. The average molecular weight is 196 g/mol. The van der Waals surface area contributed by atoms with E-state index in [0.29, 0.717) is 0 Å². The molecule has 0 saturated carbocycles. The highest BCUT2D eigenvalue weighted by atomic mass is 19.1. The van der Waals surface area contributed by atoms with Gasteiger partial charge >= 0.3 is 5.97 Å². The molecule has 1 aromatic carbocycles. The summed E-state index contributed by atoms with van der Waals surface area (Å²) in [6.07, 6.45) is 0.847. The third-order valence-electron chi connectivity index (χ3n) is 2.26. The SMILES string of the molecule is CC[C@H](CC(=O)O)c1ccc(F)cc1. The molecule has 0 heterocycles. The van der Waals surface area contributed by atoms with Crippen molar-refractivity contribution in [2.24, 2.45) is 0 Å². The summed E-state index contributed by atoms with van der Waals surface area (Å²) in [6, 6.07) is 6.01. The van der Waals surface area contributed by atoms with E-state index in [1.54, 1.807) is 12.1 Å². The third-order valence-corrected chi connectivity index (χ3v) is 2.26. The Morgan fingerprint density at radius 2 is 2.00 bits per heavy atom. The molecule has 1 atom stereocenters. The zero-order chi connectivity index (χ0) is 10.6. The Morgan fingerprint density at radius 3 is 2.43 bits per heavy atom. The molecule has 0 unspecified atom stereocenters. The van der Waals surface area contributed by atoms with E-state index >= 15 is 0 Å². The first kappa shape index (κ1) is 10.7. The van der Waals surface area contributed by atoms with Gasteiger partial charge in [-0.15, -0.1) is 0 Å². The van der Waals surface area contributed by atoms with Gasteiger partial charge in [0.25, 0.3) is 0 Å². The molecule has 14 heavy (non-hydrogen) atoms. The summed E-state index contributed by atoms with van der Waals surface area (Å²) in [5.74, 6) is -1.13. The zero-order valence-corrected chi connectivity index (χ0v) is 8.03. The molecule has 0 aliphatic carbocycles. The van der Waals surface area contributed by atoms with Gasteiger partial charge in [-0.3, -0.25) is 4.79 Å². The lowest BCUT2D eigenvalue weighted by atomic mass is 9.93. The first-order valence-corrected chi connectivity index (χ1v) is 4.60. The Morgan fingerprint density at radius 1 is 1.43 bits per heavy atom. The van der Waals surface area contributed by atoms with Crippen molar-refractivity contribution in [1.29, 1.82) is 0 Å². The van der Waals surface area contributed by atoms with E-state index in [2.05, 4.69) is 0 Å². The molecule has 0 spiro atoms. The Bertz CT molecular complexity index is 306. The molecule has 0 aliphatic rings. The quantitative estimate of drug-likeness (QED) is 0.803. The Labute approximate surface area is 82.4 Å². The van der Waals surface area contributed by atoms with Gasteiger partial charge in [0.05, 0.1) is 6.42 Å². The van der Waals surface area contributed by atoms with Crippen molar-refractivity contribution in [3.05, 3.63) is 35.6 Å². The molecule has 1 N–H and O–H groups in total. The van der Waals surface area contributed by atoms with Crippen LogP contribution in [0.3, 0.4) is 0 Å². The number of hydrogen-bond acceptors (Lipinski definition) is 1. The van der Waals surface area contributed by atoms with E-state index in [1.165, 1.54) is 12.1 Å². The lowest BCUT2D eigenvalue weighted by Gasteiger charge is -2.12. The monoisotopic (exact) mass is 196 g/mol. The Hall–Kier alpha value is -1.38. The van der Waals surface area contributed by atoms with Crippen LogP contribution in [-0.4, -0.2) is 11.1 Å². The summed E-state index contributed by atoms with van der Waals surface area (Å²) >= 11 is 0. The van der Waals surface area contributed by atoms with Crippen LogP contribution in [0.5, 0.6) is 0 Å². The van der Waals surface area contributed by atoms with E-state index < -0.39 is 5.97 Å². The highest BCUT2D eigenvalue weighted by Gasteiger charge is 2.13. The number of carboxylic acid groups (broad SMARTS) is 1. The van der Waals surface area contributed by atoms with E-state index in [9.17, 15) is 9.18 Å². The Balaban J connectivity index is 2.78. The first-order valence-electron chi connectivity index (χ1n) is 4.60. The fourth-order valence-electron chi connectivity index (χ4n) is 1.44. The number of benzene rings is 1. The molecule has 0 bridgehead atoms. The van der Waals surface area contributed by atoms with Crippen LogP contribution in [0.15, 0.2) is 24.3 Å². The first-order chi connectivity index (χ1) is 6.63. The van der Waals surface area contributed by atoms with E-state index in [-0.39, 0.29) is 18.2 Å². The van der Waals surface area contributed by atoms with Crippen LogP contribution >= 0.6 is 0 Å². The average Bonchev–Trinajstić information content (AvgIpc) is 2.15. The van der Waals surface area contributed by atoms with Gasteiger partial charge in [0.2, 0.25) is 0 Å². The summed E-state index contributed by atoms with van der Waals surface area (Å²) in [4.78, 5) is 10.5. The van der Waals surface area contributed by atoms with Crippen LogP contribution < -0.4 is 0 Å². The maximum absolute atomic E-state index is 12.6. The molecule has 0 saturated heterocycles. The second-order valence-corrected chi connectivity index (χ2v) is 3.25. The molecule has 0 aromatic heterocycles. The van der Waals surface area contributed by atoms with Crippen LogP contribution in [0.2, 0.25) is 0 Å². The van der Waals surface area contributed by atoms with Gasteiger partial charge in [0, 0.05) is 0 Å². The minimum atomic E-state index is -0.818. The van der Waals surface area contributed by atoms with Gasteiger partial charge in [-0.05, 0) is 30.0 Å². The number of halogens is 1. The van der Waals surface area contributed by atoms with Crippen molar-refractivity contribution >= 4 is 5.97 Å². The van der Waals surface area contributed by atoms with Crippen LogP contribution in [0, 0.1) is 5.82 Å². The van der Waals surface area contributed by atoms with Crippen LogP contribution in [-0.2, 0) is 4.79 Å². The molecule has 0 amide bonds. The summed E-state index contributed by atoms with van der Waals surface area (Å²) in [5, 5.41) is 8.66. The summed E-state index contributed by atoms with van der Waals surface area (Å²) in [7, 11) is 0. The smallest absolute Gasteiger partial charge is 0.303 e. The molecule has 2 nitrogen and oxygen atoms in total. The summed E-state index contributed by atoms with van der Waals surface area (Å²) < 4.78 is 12.6. The number of carbonyl (C=O) groups is 1. The van der Waals surface area contributed by atoms with E-state index in [0.717, 1.165) is 12.0 Å². The predicted molar refractivity (Wildman–Crippen MR) is 51.7 cm³/mol. The number of carboxylic acids is 1. The van der Waals surface area contributed by atoms with Gasteiger partial charge in [-0.2, -0.15) is 0 Å². The molecular weight excluding hydrogens is 183 g/mol. The second kappa shape index (κ2) is 4.74. The van der Waals surface area contributed by atoms with Gasteiger partial charge < -0.3 is 5.11 Å². The number of rotatable bonds is 4. The van der Waals surface area contributed by atoms with Gasteiger partial charge in [0.1, 0.15) is 5.82 Å². The third kappa shape index (κ3) is 2.83. The van der Waals surface area contributed by atoms with Crippen molar-refractivity contribution in [2.45, 2.75) is 25.7 Å². The predicted octanol–water partition coefficient (Wildman–Crippen LogP) is 2.79. The van der Waals surface area contributed by atoms with E-state index in [4.69, 9.17) is 5.11 Å². The molecule has 1 aromatic rings. The van der Waals surface area contributed by atoms with Gasteiger partial charge in [-0.25, -0.2) is 4.39 Å². The Kier molecular flexibility index (Phi) is 3.63. The molecular formula is C11H13FO2. The molecule has 0 aliphatic heterocycles. The normalized spacial score (nSPS) is 12.4. The molecule has 76 valence electrons. The second-order valence-electron chi connectivity index (χ2n) is 3.25. The highest BCUT2D eigenvalue weighted by Crippen LogP contribution is 2.23. The maximum atomic E-state index is 12.6. The fourth-order valence-corrected chi connectivity index (χ4v) is 1.44. The highest BCUT2D eigenvalue weighted by molar-refractivity contribution is 5.68. The van der Waals surface area contributed by atoms with Crippen molar-refractivity contribution in [2.75, 3.05) is 0 Å².